The van der Waals surface area contributed by atoms with E-state index >= 15 is 0 Å². The first-order chi connectivity index (χ1) is 7.66. The Hall–Kier alpha value is -0.940. The minimum Gasteiger partial charge on any atom is -0.316 e. The number of hydrogen-bond donors (Lipinski definition) is 1. The summed E-state index contributed by atoms with van der Waals surface area (Å²) >= 11 is 0. The maximum absolute atomic E-state index is 11.9. The van der Waals surface area contributed by atoms with Crippen molar-refractivity contribution in [3.63, 3.8) is 0 Å². The van der Waals surface area contributed by atoms with Crippen LogP contribution in [0.4, 0.5) is 0 Å². The molecule has 1 aliphatic heterocycles. The molecule has 88 valence electrons. The van der Waals surface area contributed by atoms with Gasteiger partial charge < -0.3 is 5.32 Å². The van der Waals surface area contributed by atoms with Crippen molar-refractivity contribution >= 4 is 9.84 Å². The number of pyridine rings is 1. The van der Waals surface area contributed by atoms with Gasteiger partial charge in [0.15, 0.2) is 9.84 Å². The minimum absolute atomic E-state index is 0.108. The van der Waals surface area contributed by atoms with E-state index in [1.807, 2.05) is 0 Å². The zero-order chi connectivity index (χ0) is 11.4. The topological polar surface area (TPSA) is 59.1 Å². The van der Waals surface area contributed by atoms with Crippen molar-refractivity contribution in [1.82, 2.24) is 10.3 Å². The highest BCUT2D eigenvalue weighted by Gasteiger charge is 2.22. The first-order valence-corrected chi connectivity index (χ1v) is 7.28. The summed E-state index contributed by atoms with van der Waals surface area (Å²) in [6, 6.07) is 3.57. The molecule has 1 N–H and O–H groups in total. The van der Waals surface area contributed by atoms with Gasteiger partial charge in [-0.25, -0.2) is 8.42 Å². The number of nitrogens with zero attached hydrogens (tertiary/aromatic N) is 1. The third-order valence-corrected chi connectivity index (χ3v) is 4.51. The number of hydrogen-bond acceptors (Lipinski definition) is 4. The molecule has 5 heteroatoms. The van der Waals surface area contributed by atoms with Crippen LogP contribution in [-0.2, 0) is 15.6 Å². The standard InChI is InChI=1S/C11H16N2O2S/c14-16(15,9-11-3-5-13-7-11)8-10-2-1-4-12-6-10/h1-2,4,6,11,13H,3,5,7-9H2. The van der Waals surface area contributed by atoms with Crippen LogP contribution in [0.1, 0.15) is 12.0 Å². The Balaban J connectivity index is 1.97. The summed E-state index contributed by atoms with van der Waals surface area (Å²) in [6.07, 6.45) is 4.23. The fourth-order valence-electron chi connectivity index (χ4n) is 2.01. The third kappa shape index (κ3) is 3.28. The smallest absolute Gasteiger partial charge is 0.154 e. The normalized spacial score (nSPS) is 21.1. The zero-order valence-corrected chi connectivity index (χ0v) is 9.91. The molecule has 0 saturated carbocycles. The molecule has 1 aromatic rings. The van der Waals surface area contributed by atoms with Gasteiger partial charge in [0.2, 0.25) is 0 Å². The lowest BCUT2D eigenvalue weighted by atomic mass is 10.2. The van der Waals surface area contributed by atoms with Crippen LogP contribution in [0.5, 0.6) is 0 Å². The van der Waals surface area contributed by atoms with Crippen LogP contribution in [0.15, 0.2) is 24.5 Å². The Morgan fingerprint density at radius 3 is 3.00 bits per heavy atom. The van der Waals surface area contributed by atoms with E-state index in [1.165, 1.54) is 0 Å². The molecule has 1 aromatic heterocycles. The third-order valence-electron chi connectivity index (χ3n) is 2.76. The number of rotatable bonds is 4. The summed E-state index contributed by atoms with van der Waals surface area (Å²) in [7, 11) is -3.00. The highest BCUT2D eigenvalue weighted by molar-refractivity contribution is 7.90. The van der Waals surface area contributed by atoms with Gasteiger partial charge in [-0.3, -0.25) is 4.98 Å². The van der Waals surface area contributed by atoms with Crippen LogP contribution in [0.2, 0.25) is 0 Å². The molecule has 1 fully saturated rings. The Kier molecular flexibility index (Phi) is 3.56. The van der Waals surface area contributed by atoms with E-state index < -0.39 is 9.84 Å². The molecule has 0 spiro atoms. The largest absolute Gasteiger partial charge is 0.316 e. The van der Waals surface area contributed by atoms with Gasteiger partial charge in [-0.15, -0.1) is 0 Å². The molecule has 1 unspecified atom stereocenters. The molecule has 2 rings (SSSR count). The first-order valence-electron chi connectivity index (χ1n) is 5.46. The predicted octanol–water partition coefficient (Wildman–Crippen LogP) is 0.606. The number of sulfone groups is 1. The quantitative estimate of drug-likeness (QED) is 0.837. The fourth-order valence-corrected chi connectivity index (χ4v) is 3.81. The van der Waals surface area contributed by atoms with Crippen molar-refractivity contribution in [2.24, 2.45) is 5.92 Å². The Bertz CT molecular complexity index is 425. The monoisotopic (exact) mass is 240 g/mol. The summed E-state index contributed by atoms with van der Waals surface area (Å²) in [4.78, 5) is 3.92. The maximum Gasteiger partial charge on any atom is 0.154 e. The van der Waals surface area contributed by atoms with E-state index in [0.717, 1.165) is 25.1 Å². The van der Waals surface area contributed by atoms with E-state index in [-0.39, 0.29) is 17.4 Å². The summed E-state index contributed by atoms with van der Waals surface area (Å²) in [5.74, 6) is 0.674. The van der Waals surface area contributed by atoms with E-state index in [4.69, 9.17) is 0 Å². The lowest BCUT2D eigenvalue weighted by Gasteiger charge is -2.09. The van der Waals surface area contributed by atoms with Crippen molar-refractivity contribution in [2.45, 2.75) is 12.2 Å². The number of aromatic nitrogens is 1. The summed E-state index contributed by atoms with van der Waals surface area (Å²) in [6.45, 7) is 1.76. The van der Waals surface area contributed by atoms with Crippen LogP contribution in [0.3, 0.4) is 0 Å². The zero-order valence-electron chi connectivity index (χ0n) is 9.09. The van der Waals surface area contributed by atoms with Crippen LogP contribution in [-0.4, -0.2) is 32.2 Å². The molecular weight excluding hydrogens is 224 g/mol. The van der Waals surface area contributed by atoms with E-state index in [9.17, 15) is 8.42 Å². The van der Waals surface area contributed by atoms with Crippen LogP contribution in [0.25, 0.3) is 0 Å². The predicted molar refractivity (Wildman–Crippen MR) is 62.7 cm³/mol. The Morgan fingerprint density at radius 1 is 1.50 bits per heavy atom. The van der Waals surface area contributed by atoms with E-state index in [2.05, 4.69) is 10.3 Å². The highest BCUT2D eigenvalue weighted by atomic mass is 32.2. The molecule has 4 nitrogen and oxygen atoms in total. The van der Waals surface area contributed by atoms with Gasteiger partial charge in [0.1, 0.15) is 0 Å². The second-order valence-corrected chi connectivity index (χ2v) is 6.38. The van der Waals surface area contributed by atoms with Gasteiger partial charge in [-0.1, -0.05) is 6.07 Å². The minimum atomic E-state index is -3.00. The Morgan fingerprint density at radius 2 is 2.38 bits per heavy atom. The SMILES string of the molecule is O=S(=O)(Cc1cccnc1)CC1CCNC1. The molecule has 0 radical (unpaired) electrons. The summed E-state index contributed by atoms with van der Waals surface area (Å²) < 4.78 is 23.8. The van der Waals surface area contributed by atoms with Gasteiger partial charge in [-0.2, -0.15) is 0 Å². The molecule has 0 aromatic carbocycles. The van der Waals surface area contributed by atoms with E-state index in [1.54, 1.807) is 24.5 Å². The van der Waals surface area contributed by atoms with Gasteiger partial charge in [-0.05, 0) is 37.1 Å². The molecule has 1 atom stereocenters. The average molecular weight is 240 g/mol. The molecule has 1 saturated heterocycles. The van der Waals surface area contributed by atoms with Crippen molar-refractivity contribution < 1.29 is 8.42 Å². The van der Waals surface area contributed by atoms with Crippen molar-refractivity contribution in [1.29, 1.82) is 0 Å². The average Bonchev–Trinajstić information content (AvgIpc) is 2.70. The maximum atomic E-state index is 11.9. The van der Waals surface area contributed by atoms with Gasteiger partial charge in [0, 0.05) is 12.4 Å². The van der Waals surface area contributed by atoms with Crippen LogP contribution < -0.4 is 5.32 Å². The van der Waals surface area contributed by atoms with Crippen molar-refractivity contribution in [3.8, 4) is 0 Å². The molecule has 0 amide bonds. The number of nitrogens with one attached hydrogen (secondary N) is 1. The van der Waals surface area contributed by atoms with Gasteiger partial charge in [0.05, 0.1) is 11.5 Å². The molecule has 1 aliphatic rings. The van der Waals surface area contributed by atoms with Crippen LogP contribution in [0, 0.1) is 5.92 Å². The molecular formula is C11H16N2O2S. The van der Waals surface area contributed by atoms with Crippen molar-refractivity contribution in [2.75, 3.05) is 18.8 Å². The first kappa shape index (κ1) is 11.5. The van der Waals surface area contributed by atoms with Gasteiger partial charge >= 0.3 is 0 Å². The molecule has 0 bridgehead atoms. The second-order valence-electron chi connectivity index (χ2n) is 4.27. The van der Waals surface area contributed by atoms with E-state index in [0.29, 0.717) is 0 Å². The van der Waals surface area contributed by atoms with Crippen molar-refractivity contribution in [3.05, 3.63) is 30.1 Å². The van der Waals surface area contributed by atoms with Crippen LogP contribution >= 0.6 is 0 Å². The summed E-state index contributed by atoms with van der Waals surface area (Å²) in [5.41, 5.74) is 0.772. The molecule has 2 heterocycles. The highest BCUT2D eigenvalue weighted by Crippen LogP contribution is 2.14. The Labute approximate surface area is 96.0 Å². The lowest BCUT2D eigenvalue weighted by Crippen LogP contribution is -2.20. The molecule has 0 aliphatic carbocycles. The summed E-state index contributed by atoms with van der Waals surface area (Å²) in [5, 5.41) is 3.18. The van der Waals surface area contributed by atoms with Gasteiger partial charge in [0.25, 0.3) is 0 Å². The second kappa shape index (κ2) is 4.93. The molecule has 16 heavy (non-hydrogen) atoms. The fraction of sp³-hybridized carbons (Fsp3) is 0.545. The lowest BCUT2D eigenvalue weighted by molar-refractivity contribution is 0.569.